The quantitative estimate of drug-likeness (QED) is 0.839. The van der Waals surface area contributed by atoms with Crippen molar-refractivity contribution in [2.45, 2.75) is 45.6 Å². The van der Waals surface area contributed by atoms with Crippen LogP contribution in [0.1, 0.15) is 47.7 Å². The van der Waals surface area contributed by atoms with Crippen molar-refractivity contribution in [2.75, 3.05) is 6.54 Å². The summed E-state index contributed by atoms with van der Waals surface area (Å²) < 4.78 is 0. The third kappa shape index (κ3) is 2.80. The molecule has 0 aromatic carbocycles. The van der Waals surface area contributed by atoms with E-state index in [0.29, 0.717) is 6.42 Å². The second kappa shape index (κ2) is 5.65. The minimum atomic E-state index is 0.100. The van der Waals surface area contributed by atoms with Gasteiger partial charge in [-0.1, -0.05) is 6.92 Å². The number of hydrogen-bond donors (Lipinski definition) is 0. The molecule has 2 rings (SSSR count). The fraction of sp³-hybridized carbons (Fsp3) is 0.571. The van der Waals surface area contributed by atoms with Gasteiger partial charge in [0.15, 0.2) is 0 Å². The molecule has 1 atom stereocenters. The standard InChI is InChI=1S/C14H19NO2S/c1-3-12-6-7-13(18-12)14(17)15-8-4-5-11(15)9-10(2)16/h6-7,11H,3-5,8-9H2,1-2H3. The maximum Gasteiger partial charge on any atom is 0.264 e. The number of aryl methyl sites for hydroxylation is 1. The maximum absolute atomic E-state index is 12.4. The van der Waals surface area contributed by atoms with Gasteiger partial charge < -0.3 is 4.90 Å². The highest BCUT2D eigenvalue weighted by atomic mass is 32.1. The fourth-order valence-corrected chi connectivity index (χ4v) is 3.38. The highest BCUT2D eigenvalue weighted by molar-refractivity contribution is 7.14. The van der Waals surface area contributed by atoms with Crippen LogP contribution in [0.3, 0.4) is 0 Å². The molecule has 1 aliphatic rings. The number of hydrogen-bond acceptors (Lipinski definition) is 3. The molecule has 98 valence electrons. The van der Waals surface area contributed by atoms with Gasteiger partial charge in [0.2, 0.25) is 0 Å². The second-order valence-electron chi connectivity index (χ2n) is 4.82. The zero-order valence-electron chi connectivity index (χ0n) is 10.9. The number of amides is 1. The van der Waals surface area contributed by atoms with Crippen molar-refractivity contribution in [1.29, 1.82) is 0 Å². The molecule has 2 heterocycles. The molecule has 0 N–H and O–H groups in total. The molecule has 0 bridgehead atoms. The van der Waals surface area contributed by atoms with E-state index < -0.39 is 0 Å². The second-order valence-corrected chi connectivity index (χ2v) is 5.99. The van der Waals surface area contributed by atoms with Crippen LogP contribution in [0.15, 0.2) is 12.1 Å². The predicted molar refractivity (Wildman–Crippen MR) is 73.1 cm³/mol. The average Bonchev–Trinajstić information content (AvgIpc) is 2.95. The Morgan fingerprint density at radius 3 is 2.83 bits per heavy atom. The molecule has 1 amide bonds. The van der Waals surface area contributed by atoms with Crippen molar-refractivity contribution >= 4 is 23.0 Å². The lowest BCUT2D eigenvalue weighted by Gasteiger charge is -2.23. The number of carbonyl (C=O) groups is 2. The van der Waals surface area contributed by atoms with E-state index in [0.717, 1.165) is 30.7 Å². The lowest BCUT2D eigenvalue weighted by Crippen LogP contribution is -2.36. The number of rotatable bonds is 4. The Morgan fingerprint density at radius 1 is 1.44 bits per heavy atom. The number of nitrogens with zero attached hydrogens (tertiary/aromatic N) is 1. The highest BCUT2D eigenvalue weighted by Gasteiger charge is 2.30. The van der Waals surface area contributed by atoms with Gasteiger partial charge in [-0.3, -0.25) is 9.59 Å². The maximum atomic E-state index is 12.4. The third-order valence-corrected chi connectivity index (χ3v) is 4.60. The largest absolute Gasteiger partial charge is 0.335 e. The summed E-state index contributed by atoms with van der Waals surface area (Å²) in [7, 11) is 0. The molecule has 1 saturated heterocycles. The topological polar surface area (TPSA) is 37.4 Å². The summed E-state index contributed by atoms with van der Waals surface area (Å²) in [5, 5.41) is 0. The van der Waals surface area contributed by atoms with Crippen molar-refractivity contribution in [2.24, 2.45) is 0 Å². The summed E-state index contributed by atoms with van der Waals surface area (Å²) in [6, 6.07) is 4.05. The van der Waals surface area contributed by atoms with Crippen LogP contribution < -0.4 is 0 Å². The smallest absolute Gasteiger partial charge is 0.264 e. The van der Waals surface area contributed by atoms with E-state index in [2.05, 4.69) is 6.92 Å². The van der Waals surface area contributed by atoms with Crippen LogP contribution >= 0.6 is 11.3 Å². The Bertz CT molecular complexity index is 452. The van der Waals surface area contributed by atoms with E-state index in [9.17, 15) is 9.59 Å². The molecule has 1 fully saturated rings. The van der Waals surface area contributed by atoms with Gasteiger partial charge in [-0.2, -0.15) is 0 Å². The zero-order chi connectivity index (χ0) is 13.1. The van der Waals surface area contributed by atoms with Crippen molar-refractivity contribution in [3.63, 3.8) is 0 Å². The van der Waals surface area contributed by atoms with Crippen molar-refractivity contribution < 1.29 is 9.59 Å². The highest BCUT2D eigenvalue weighted by Crippen LogP contribution is 2.26. The number of ketones is 1. The molecule has 18 heavy (non-hydrogen) atoms. The van der Waals surface area contributed by atoms with Crippen LogP contribution in [0.4, 0.5) is 0 Å². The van der Waals surface area contributed by atoms with Crippen molar-refractivity contribution in [1.82, 2.24) is 4.90 Å². The van der Waals surface area contributed by atoms with Crippen LogP contribution in [-0.4, -0.2) is 29.2 Å². The van der Waals surface area contributed by atoms with Crippen LogP contribution in [0, 0.1) is 0 Å². The van der Waals surface area contributed by atoms with Gasteiger partial charge >= 0.3 is 0 Å². The lowest BCUT2D eigenvalue weighted by molar-refractivity contribution is -0.117. The summed E-state index contributed by atoms with van der Waals surface area (Å²) in [5.74, 6) is 0.267. The summed E-state index contributed by atoms with van der Waals surface area (Å²) in [4.78, 5) is 27.5. The minimum absolute atomic E-state index is 0.100. The fourth-order valence-electron chi connectivity index (χ4n) is 2.47. The number of thiophene rings is 1. The van der Waals surface area contributed by atoms with Gasteiger partial charge in [-0.05, 0) is 38.3 Å². The molecule has 0 saturated carbocycles. The third-order valence-electron chi connectivity index (χ3n) is 3.38. The molecule has 1 unspecified atom stereocenters. The first-order chi connectivity index (χ1) is 8.61. The van der Waals surface area contributed by atoms with Gasteiger partial charge in [-0.25, -0.2) is 0 Å². The SMILES string of the molecule is CCc1ccc(C(=O)N2CCCC2CC(C)=O)s1. The van der Waals surface area contributed by atoms with Crippen molar-refractivity contribution in [3.05, 3.63) is 21.9 Å². The van der Waals surface area contributed by atoms with E-state index >= 15 is 0 Å². The van der Waals surface area contributed by atoms with Gasteiger partial charge in [0.25, 0.3) is 5.91 Å². The molecular formula is C14H19NO2S. The molecule has 1 aromatic rings. The summed E-state index contributed by atoms with van der Waals surface area (Å²) in [6.07, 6.45) is 3.43. The van der Waals surface area contributed by atoms with E-state index in [1.807, 2.05) is 17.0 Å². The first kappa shape index (κ1) is 13.3. The van der Waals surface area contributed by atoms with Gasteiger partial charge in [0.05, 0.1) is 4.88 Å². The monoisotopic (exact) mass is 265 g/mol. The summed E-state index contributed by atoms with van der Waals surface area (Å²) in [5.41, 5.74) is 0. The van der Waals surface area contributed by atoms with Gasteiger partial charge in [0.1, 0.15) is 5.78 Å². The summed E-state index contributed by atoms with van der Waals surface area (Å²) in [6.45, 7) is 4.48. The molecule has 0 aliphatic carbocycles. The first-order valence-corrected chi connectivity index (χ1v) is 7.32. The molecule has 0 radical (unpaired) electrons. The lowest BCUT2D eigenvalue weighted by atomic mass is 10.1. The first-order valence-electron chi connectivity index (χ1n) is 6.51. The van der Waals surface area contributed by atoms with E-state index in [4.69, 9.17) is 0 Å². The van der Waals surface area contributed by atoms with Crippen LogP contribution in [0.5, 0.6) is 0 Å². The van der Waals surface area contributed by atoms with Crippen LogP contribution in [-0.2, 0) is 11.2 Å². The van der Waals surface area contributed by atoms with Crippen LogP contribution in [0.25, 0.3) is 0 Å². The Kier molecular flexibility index (Phi) is 4.17. The Balaban J connectivity index is 2.09. The zero-order valence-corrected chi connectivity index (χ0v) is 11.8. The molecular weight excluding hydrogens is 246 g/mol. The normalized spacial score (nSPS) is 19.2. The molecule has 0 spiro atoms. The Labute approximate surface area is 112 Å². The molecule has 1 aliphatic heterocycles. The predicted octanol–water partition coefficient (Wildman–Crippen LogP) is 2.89. The number of Topliss-reactive ketones (excluding diaryl/α,β-unsaturated/α-hetero) is 1. The minimum Gasteiger partial charge on any atom is -0.335 e. The van der Waals surface area contributed by atoms with Crippen molar-refractivity contribution in [3.8, 4) is 0 Å². The molecule has 4 heteroatoms. The Hall–Kier alpha value is -1.16. The Morgan fingerprint density at radius 2 is 2.22 bits per heavy atom. The molecule has 1 aromatic heterocycles. The number of likely N-dealkylation sites (tertiary alicyclic amines) is 1. The van der Waals surface area contributed by atoms with Gasteiger partial charge in [-0.15, -0.1) is 11.3 Å². The average molecular weight is 265 g/mol. The van der Waals surface area contributed by atoms with Gasteiger partial charge in [0, 0.05) is 23.9 Å². The molecule has 3 nitrogen and oxygen atoms in total. The summed E-state index contributed by atoms with van der Waals surface area (Å²) >= 11 is 1.57. The van der Waals surface area contributed by atoms with E-state index in [-0.39, 0.29) is 17.7 Å². The van der Waals surface area contributed by atoms with E-state index in [1.165, 1.54) is 4.88 Å². The number of carbonyl (C=O) groups excluding carboxylic acids is 2. The van der Waals surface area contributed by atoms with Crippen LogP contribution in [0.2, 0.25) is 0 Å². The van der Waals surface area contributed by atoms with E-state index in [1.54, 1.807) is 18.3 Å².